The third-order valence-corrected chi connectivity index (χ3v) is 2.32. The third kappa shape index (κ3) is 2.33. The SMILES string of the molecule is COc1cc(C#N)ccc1NC(=O)c1ccco1. The van der Waals surface area contributed by atoms with Crippen LogP contribution in [0, 0.1) is 11.3 Å². The van der Waals surface area contributed by atoms with E-state index in [1.165, 1.54) is 13.4 Å². The molecule has 0 saturated carbocycles. The molecule has 0 aliphatic carbocycles. The van der Waals surface area contributed by atoms with Gasteiger partial charge in [0.05, 0.1) is 30.7 Å². The summed E-state index contributed by atoms with van der Waals surface area (Å²) in [7, 11) is 1.47. The number of benzene rings is 1. The van der Waals surface area contributed by atoms with Crippen LogP contribution in [0.25, 0.3) is 0 Å². The van der Waals surface area contributed by atoms with E-state index in [1.807, 2.05) is 6.07 Å². The maximum Gasteiger partial charge on any atom is 0.291 e. The summed E-state index contributed by atoms with van der Waals surface area (Å²) in [4.78, 5) is 11.8. The summed E-state index contributed by atoms with van der Waals surface area (Å²) in [6, 6.07) is 9.95. The molecule has 0 radical (unpaired) electrons. The number of hydrogen-bond donors (Lipinski definition) is 1. The molecule has 0 atom stereocenters. The van der Waals surface area contributed by atoms with E-state index in [0.29, 0.717) is 17.0 Å². The van der Waals surface area contributed by atoms with Crippen molar-refractivity contribution in [1.29, 1.82) is 5.26 Å². The van der Waals surface area contributed by atoms with Gasteiger partial charge in [-0.1, -0.05) is 0 Å². The number of furan rings is 1. The van der Waals surface area contributed by atoms with E-state index in [0.717, 1.165) is 0 Å². The summed E-state index contributed by atoms with van der Waals surface area (Å²) in [5.74, 6) is 0.262. The Labute approximate surface area is 104 Å². The Balaban J connectivity index is 2.24. The first-order valence-electron chi connectivity index (χ1n) is 5.17. The number of nitriles is 1. The molecule has 5 heteroatoms. The maximum atomic E-state index is 11.8. The van der Waals surface area contributed by atoms with Crippen molar-refractivity contribution < 1.29 is 13.9 Å². The lowest BCUT2D eigenvalue weighted by molar-refractivity contribution is 0.0996. The highest BCUT2D eigenvalue weighted by Crippen LogP contribution is 2.25. The average Bonchev–Trinajstić information content (AvgIpc) is 2.93. The standard InChI is InChI=1S/C13H10N2O3/c1-17-12-7-9(8-14)4-5-10(12)15-13(16)11-3-2-6-18-11/h2-7H,1H3,(H,15,16). The van der Waals surface area contributed by atoms with E-state index in [9.17, 15) is 4.79 Å². The molecule has 0 saturated heterocycles. The lowest BCUT2D eigenvalue weighted by Crippen LogP contribution is -2.11. The molecule has 5 nitrogen and oxygen atoms in total. The molecule has 0 bridgehead atoms. The van der Waals surface area contributed by atoms with Gasteiger partial charge in [-0.05, 0) is 24.3 Å². The normalized spacial score (nSPS) is 9.56. The molecule has 1 amide bonds. The molecule has 18 heavy (non-hydrogen) atoms. The van der Waals surface area contributed by atoms with Crippen molar-refractivity contribution in [2.24, 2.45) is 0 Å². The van der Waals surface area contributed by atoms with Crippen LogP contribution in [0.5, 0.6) is 5.75 Å². The highest BCUT2D eigenvalue weighted by Gasteiger charge is 2.12. The van der Waals surface area contributed by atoms with E-state index in [-0.39, 0.29) is 11.7 Å². The summed E-state index contributed by atoms with van der Waals surface area (Å²) < 4.78 is 10.1. The number of hydrogen-bond acceptors (Lipinski definition) is 4. The second-order valence-corrected chi connectivity index (χ2v) is 3.46. The van der Waals surface area contributed by atoms with Gasteiger partial charge < -0.3 is 14.5 Å². The zero-order valence-electron chi connectivity index (χ0n) is 9.64. The fraction of sp³-hybridized carbons (Fsp3) is 0.0769. The minimum Gasteiger partial charge on any atom is -0.495 e. The van der Waals surface area contributed by atoms with Crippen molar-refractivity contribution in [3.05, 3.63) is 47.9 Å². The van der Waals surface area contributed by atoms with Crippen molar-refractivity contribution in [2.45, 2.75) is 0 Å². The van der Waals surface area contributed by atoms with Crippen molar-refractivity contribution in [1.82, 2.24) is 0 Å². The number of ether oxygens (including phenoxy) is 1. The van der Waals surface area contributed by atoms with Crippen LogP contribution in [0.1, 0.15) is 16.1 Å². The summed E-state index contributed by atoms with van der Waals surface area (Å²) in [6.07, 6.45) is 1.42. The van der Waals surface area contributed by atoms with Gasteiger partial charge in [0.2, 0.25) is 0 Å². The summed E-state index contributed by atoms with van der Waals surface area (Å²) in [6.45, 7) is 0. The van der Waals surface area contributed by atoms with Gasteiger partial charge in [0.15, 0.2) is 5.76 Å². The fourth-order valence-corrected chi connectivity index (χ4v) is 1.46. The Hall–Kier alpha value is -2.74. The number of amides is 1. The molecule has 0 aliphatic rings. The first-order chi connectivity index (χ1) is 8.74. The summed E-state index contributed by atoms with van der Waals surface area (Å²) in [5.41, 5.74) is 0.945. The number of nitrogens with one attached hydrogen (secondary N) is 1. The Morgan fingerprint density at radius 3 is 2.89 bits per heavy atom. The fourth-order valence-electron chi connectivity index (χ4n) is 1.46. The number of carbonyl (C=O) groups is 1. The monoisotopic (exact) mass is 242 g/mol. The van der Waals surface area contributed by atoms with Crippen LogP contribution in [0.2, 0.25) is 0 Å². The first kappa shape index (κ1) is 11.7. The van der Waals surface area contributed by atoms with Crippen LogP contribution < -0.4 is 10.1 Å². The lowest BCUT2D eigenvalue weighted by Gasteiger charge is -2.09. The molecule has 1 aromatic carbocycles. The quantitative estimate of drug-likeness (QED) is 0.896. The molecule has 90 valence electrons. The molecular weight excluding hydrogens is 232 g/mol. The van der Waals surface area contributed by atoms with Gasteiger partial charge in [-0.2, -0.15) is 5.26 Å². The largest absolute Gasteiger partial charge is 0.495 e. The van der Waals surface area contributed by atoms with Gasteiger partial charge in [0.1, 0.15) is 5.75 Å². The van der Waals surface area contributed by atoms with Gasteiger partial charge in [-0.3, -0.25) is 4.79 Å². The first-order valence-corrected chi connectivity index (χ1v) is 5.17. The Kier molecular flexibility index (Phi) is 3.30. The van der Waals surface area contributed by atoms with Gasteiger partial charge >= 0.3 is 0 Å². The lowest BCUT2D eigenvalue weighted by atomic mass is 10.2. The van der Waals surface area contributed by atoms with Crippen molar-refractivity contribution in [2.75, 3.05) is 12.4 Å². The number of nitrogens with zero attached hydrogens (tertiary/aromatic N) is 1. The molecule has 0 spiro atoms. The van der Waals surface area contributed by atoms with E-state index in [2.05, 4.69) is 5.32 Å². The smallest absolute Gasteiger partial charge is 0.291 e. The molecule has 2 aromatic rings. The van der Waals surface area contributed by atoms with Crippen molar-refractivity contribution in [3.63, 3.8) is 0 Å². The molecule has 0 aliphatic heterocycles. The molecular formula is C13H10N2O3. The number of rotatable bonds is 3. The average molecular weight is 242 g/mol. The Morgan fingerprint density at radius 1 is 1.44 bits per heavy atom. The number of carbonyl (C=O) groups excluding carboxylic acids is 1. The van der Waals surface area contributed by atoms with Crippen LogP contribution >= 0.6 is 0 Å². The Bertz CT molecular complexity index is 597. The molecule has 1 heterocycles. The predicted molar refractivity (Wildman–Crippen MR) is 64.4 cm³/mol. The molecule has 0 unspecified atom stereocenters. The molecule has 2 rings (SSSR count). The van der Waals surface area contributed by atoms with Crippen molar-refractivity contribution >= 4 is 11.6 Å². The minimum absolute atomic E-state index is 0.210. The number of anilines is 1. The highest BCUT2D eigenvalue weighted by atomic mass is 16.5. The van der Waals surface area contributed by atoms with E-state index >= 15 is 0 Å². The van der Waals surface area contributed by atoms with E-state index in [4.69, 9.17) is 14.4 Å². The van der Waals surface area contributed by atoms with Gasteiger partial charge in [0.25, 0.3) is 5.91 Å². The van der Waals surface area contributed by atoms with Gasteiger partial charge in [0, 0.05) is 6.07 Å². The van der Waals surface area contributed by atoms with Crippen molar-refractivity contribution in [3.8, 4) is 11.8 Å². The Morgan fingerprint density at radius 2 is 2.28 bits per heavy atom. The van der Waals surface area contributed by atoms with Crippen LogP contribution in [0.15, 0.2) is 41.0 Å². The number of methoxy groups -OCH3 is 1. The minimum atomic E-state index is -0.372. The molecule has 1 aromatic heterocycles. The van der Waals surface area contributed by atoms with Crippen LogP contribution in [0.3, 0.4) is 0 Å². The van der Waals surface area contributed by atoms with E-state index in [1.54, 1.807) is 30.3 Å². The third-order valence-electron chi connectivity index (χ3n) is 2.32. The van der Waals surface area contributed by atoms with Gasteiger partial charge in [-0.15, -0.1) is 0 Å². The topological polar surface area (TPSA) is 75.3 Å². The van der Waals surface area contributed by atoms with Crippen LogP contribution in [0.4, 0.5) is 5.69 Å². The van der Waals surface area contributed by atoms with Crippen LogP contribution in [-0.2, 0) is 0 Å². The zero-order valence-corrected chi connectivity index (χ0v) is 9.64. The van der Waals surface area contributed by atoms with Crippen LogP contribution in [-0.4, -0.2) is 13.0 Å². The second-order valence-electron chi connectivity index (χ2n) is 3.46. The van der Waals surface area contributed by atoms with Gasteiger partial charge in [-0.25, -0.2) is 0 Å². The summed E-state index contributed by atoms with van der Waals surface area (Å²) >= 11 is 0. The van der Waals surface area contributed by atoms with E-state index < -0.39 is 0 Å². The summed E-state index contributed by atoms with van der Waals surface area (Å²) in [5, 5.41) is 11.4. The molecule has 1 N–H and O–H groups in total. The predicted octanol–water partition coefficient (Wildman–Crippen LogP) is 2.41. The molecule has 0 fully saturated rings. The second kappa shape index (κ2) is 5.06. The highest BCUT2D eigenvalue weighted by molar-refractivity contribution is 6.03. The zero-order chi connectivity index (χ0) is 13.0. The maximum absolute atomic E-state index is 11.8.